The molecule has 0 radical (unpaired) electrons. The van der Waals surface area contributed by atoms with E-state index in [0.29, 0.717) is 34.5 Å². The minimum Gasteiger partial charge on any atom is -0.455 e. The van der Waals surface area contributed by atoms with Crippen molar-refractivity contribution in [3.63, 3.8) is 0 Å². The molecule has 5 heterocycles. The summed E-state index contributed by atoms with van der Waals surface area (Å²) in [4.78, 5) is 11.1. The van der Waals surface area contributed by atoms with Gasteiger partial charge in [0.1, 0.15) is 11.2 Å². The van der Waals surface area contributed by atoms with Crippen LogP contribution >= 0.6 is 0 Å². The van der Waals surface area contributed by atoms with E-state index in [1.54, 1.807) is 27.6 Å². The Bertz CT molecular complexity index is 3040. The lowest BCUT2D eigenvalue weighted by molar-refractivity contribution is 0.00321. The highest BCUT2D eigenvalue weighted by Gasteiger charge is 2.67. The summed E-state index contributed by atoms with van der Waals surface area (Å²) in [6.07, 6.45) is 25.9. The summed E-state index contributed by atoms with van der Waals surface area (Å²) in [6, 6.07) is 7.95. The summed E-state index contributed by atoms with van der Waals surface area (Å²) in [7, 11) is 0. The molecule has 5 aromatic heterocycles. The third kappa shape index (κ3) is 2.76. The number of hydrogen-bond donors (Lipinski definition) is 0. The first-order valence-corrected chi connectivity index (χ1v) is 23.0. The maximum atomic E-state index is 7.46. The highest BCUT2D eigenvalue weighted by Crippen LogP contribution is 2.78. The molecule has 10 bridgehead atoms. The molecule has 2 aromatic carbocycles. The smallest absolute Gasteiger partial charge is 0.145 e. The fraction of sp³-hybridized carbons (Fsp3) is 0.569. The van der Waals surface area contributed by atoms with Crippen LogP contribution in [0.5, 0.6) is 0 Å². The van der Waals surface area contributed by atoms with E-state index in [2.05, 4.69) is 35.0 Å². The van der Waals surface area contributed by atoms with Gasteiger partial charge in [-0.05, 0) is 207 Å². The largest absolute Gasteiger partial charge is 0.455 e. The quantitative estimate of drug-likeness (QED) is 0.157. The first-order valence-electron chi connectivity index (χ1n) is 23.0. The lowest BCUT2D eigenvalue weighted by Gasteiger charge is -2.48. The first kappa shape index (κ1) is 27.9. The number of furan rings is 1. The zero-order valence-electron chi connectivity index (χ0n) is 31.7. The Morgan fingerprint density at radius 3 is 1.87 bits per heavy atom. The molecule has 8 fully saturated rings. The number of fused-ring (bicyclic) bond motifs is 21. The molecule has 0 N–H and O–H groups in total. The zero-order valence-corrected chi connectivity index (χ0v) is 31.7. The molecule has 4 heteroatoms. The normalized spacial score (nSPS) is 44.1. The summed E-state index contributed by atoms with van der Waals surface area (Å²) in [5.74, 6) is 9.70. The van der Waals surface area contributed by atoms with Crippen LogP contribution in [0, 0.1) is 46.3 Å². The van der Waals surface area contributed by atoms with Gasteiger partial charge in [-0.2, -0.15) is 0 Å². The predicted molar refractivity (Wildman–Crippen MR) is 215 cm³/mol. The average Bonchev–Trinajstić information content (AvgIpc) is 4.00. The number of benzene rings is 2. The van der Waals surface area contributed by atoms with Gasteiger partial charge < -0.3 is 8.82 Å². The van der Waals surface area contributed by atoms with E-state index in [4.69, 9.17) is 14.4 Å². The van der Waals surface area contributed by atoms with E-state index < -0.39 is 0 Å². The Labute approximate surface area is 320 Å². The van der Waals surface area contributed by atoms with Gasteiger partial charge in [0.2, 0.25) is 0 Å². The lowest BCUT2D eigenvalue weighted by atomic mass is 9.56. The summed E-state index contributed by atoms with van der Waals surface area (Å²) < 4.78 is 10.1. The molecule has 8 saturated carbocycles. The summed E-state index contributed by atoms with van der Waals surface area (Å²) in [6.45, 7) is 0. The summed E-state index contributed by atoms with van der Waals surface area (Å²) >= 11 is 0. The van der Waals surface area contributed by atoms with Gasteiger partial charge >= 0.3 is 0 Å². The van der Waals surface area contributed by atoms with Crippen molar-refractivity contribution in [3.8, 4) is 0 Å². The number of nitrogens with zero attached hydrogens (tertiary/aromatic N) is 3. The number of aromatic nitrogens is 3. The van der Waals surface area contributed by atoms with Crippen LogP contribution in [0.2, 0.25) is 0 Å². The van der Waals surface area contributed by atoms with Gasteiger partial charge in [0.05, 0.1) is 34.3 Å². The molecule has 55 heavy (non-hydrogen) atoms. The van der Waals surface area contributed by atoms with Crippen LogP contribution < -0.4 is 0 Å². The second-order valence-corrected chi connectivity index (χ2v) is 22.7. The molecule has 12 unspecified atom stereocenters. The second kappa shape index (κ2) is 8.32. The van der Waals surface area contributed by atoms with Crippen LogP contribution in [-0.4, -0.2) is 14.4 Å². The van der Waals surface area contributed by atoms with E-state index in [1.165, 1.54) is 157 Å². The van der Waals surface area contributed by atoms with E-state index >= 15 is 0 Å². The Kier molecular flexibility index (Phi) is 4.22. The highest BCUT2D eigenvalue weighted by atomic mass is 16.3. The third-order valence-corrected chi connectivity index (χ3v) is 21.2. The highest BCUT2D eigenvalue weighted by molar-refractivity contribution is 6.33. The number of pyridine rings is 2. The third-order valence-electron chi connectivity index (χ3n) is 21.2. The molecule has 0 aliphatic heterocycles. The molecule has 0 amide bonds. The molecule has 19 rings (SSSR count). The van der Waals surface area contributed by atoms with E-state index in [0.717, 1.165) is 52.9 Å². The Morgan fingerprint density at radius 2 is 1.11 bits per heavy atom. The minimum atomic E-state index is 0.612. The van der Waals surface area contributed by atoms with Crippen molar-refractivity contribution in [3.05, 3.63) is 64.2 Å². The molecule has 272 valence electrons. The predicted octanol–water partition coefficient (Wildman–Crippen LogP) is 12.7. The summed E-state index contributed by atoms with van der Waals surface area (Å²) in [5.41, 5.74) is 17.3. The van der Waals surface area contributed by atoms with Crippen molar-refractivity contribution in [2.24, 2.45) is 46.3 Å². The maximum Gasteiger partial charge on any atom is 0.145 e. The van der Waals surface area contributed by atoms with Gasteiger partial charge in [-0.3, -0.25) is 9.97 Å². The van der Waals surface area contributed by atoms with E-state index in [9.17, 15) is 0 Å². The number of hydrogen-bond acceptors (Lipinski definition) is 3. The van der Waals surface area contributed by atoms with Crippen LogP contribution in [0.3, 0.4) is 0 Å². The Hall–Kier alpha value is -3.66. The van der Waals surface area contributed by atoms with Gasteiger partial charge in [0.15, 0.2) is 0 Å². The monoisotopic (exact) mass is 717 g/mol. The molecule has 12 atom stereocenters. The van der Waals surface area contributed by atoms with Crippen molar-refractivity contribution < 1.29 is 4.42 Å². The SMILES string of the molecule is c1c2c(cc3c1oc1c3cc3c4c5c(ncc4n4c6cnc7c(c6c1c34)C1CC3CC4CC7CC43C1)C1CC3CC(C1)CC5C3)C1CC3CC4CC2CC43C1. The van der Waals surface area contributed by atoms with Crippen molar-refractivity contribution in [1.82, 2.24) is 14.4 Å². The van der Waals surface area contributed by atoms with Crippen LogP contribution in [0.25, 0.3) is 60.0 Å². The van der Waals surface area contributed by atoms with Gasteiger partial charge in [-0.1, -0.05) is 0 Å². The molecular weight excluding hydrogens is 671 g/mol. The van der Waals surface area contributed by atoms with Crippen LogP contribution in [0.15, 0.2) is 35.0 Å². The molecule has 4 nitrogen and oxygen atoms in total. The van der Waals surface area contributed by atoms with Gasteiger partial charge in [0, 0.05) is 50.2 Å². The van der Waals surface area contributed by atoms with Gasteiger partial charge in [0.25, 0.3) is 0 Å². The lowest BCUT2D eigenvalue weighted by Crippen LogP contribution is -2.41. The van der Waals surface area contributed by atoms with Crippen LogP contribution in [-0.2, 0) is 0 Å². The first-order chi connectivity index (χ1) is 27.1. The van der Waals surface area contributed by atoms with Crippen LogP contribution in [0.1, 0.15) is 165 Å². The number of rotatable bonds is 0. The topological polar surface area (TPSA) is 43.3 Å². The maximum absolute atomic E-state index is 7.46. The van der Waals surface area contributed by atoms with Crippen molar-refractivity contribution in [2.75, 3.05) is 0 Å². The standard InChI is InChI=1S/C51H47N3O/c1-21-2-23-3-22(1)5-24(4-21)46-41(23)43-37-13-36-35-12-33-25-6-29-10-30-7-26(16-50(29,30)15-25)34(33)14-40(35)55-49(36)45-44-39(54(48(37)45)38(43)19-52-46)20-53-47-28-9-32-11-31-8-27(42(44)47)17-51(31,32)18-28/h12-14,19-32H,1-11,15-18H2. The minimum absolute atomic E-state index is 0.612. The zero-order chi connectivity index (χ0) is 34.6. The molecule has 7 aromatic rings. The molecule has 12 aliphatic carbocycles. The average molecular weight is 718 g/mol. The van der Waals surface area contributed by atoms with E-state index in [1.807, 2.05) is 0 Å². The van der Waals surface area contributed by atoms with Gasteiger partial charge in [-0.15, -0.1) is 0 Å². The van der Waals surface area contributed by atoms with Crippen molar-refractivity contribution in [1.29, 1.82) is 0 Å². The van der Waals surface area contributed by atoms with Gasteiger partial charge in [-0.25, -0.2) is 0 Å². The fourth-order valence-electron chi connectivity index (χ4n) is 19.7. The molecule has 0 saturated heterocycles. The summed E-state index contributed by atoms with van der Waals surface area (Å²) in [5, 5.41) is 8.74. The van der Waals surface area contributed by atoms with Crippen molar-refractivity contribution in [2.45, 2.75) is 132 Å². The fourth-order valence-corrected chi connectivity index (χ4v) is 19.7. The Balaban J connectivity index is 1.01. The molecular formula is C51H47N3O. The second-order valence-electron chi connectivity index (χ2n) is 22.7. The molecule has 2 spiro atoms. The van der Waals surface area contributed by atoms with E-state index in [-0.39, 0.29) is 0 Å². The van der Waals surface area contributed by atoms with Crippen LogP contribution in [0.4, 0.5) is 0 Å². The molecule has 12 aliphatic rings. The van der Waals surface area contributed by atoms with Crippen molar-refractivity contribution >= 4 is 60.0 Å². The Morgan fingerprint density at radius 1 is 0.509 bits per heavy atom.